The van der Waals surface area contributed by atoms with Crippen LogP contribution in [0.4, 0.5) is 4.79 Å². The molecule has 2 aliphatic rings. The minimum Gasteiger partial charge on any atom is -0.482 e. The number of amides is 2. The van der Waals surface area contributed by atoms with E-state index >= 15 is 0 Å². The number of cyclic esters (lactones) is 1. The lowest BCUT2D eigenvalue weighted by molar-refractivity contribution is -0.143. The molecule has 0 bridgehead atoms. The smallest absolute Gasteiger partial charge is 0.417 e. The first-order valence-electron chi connectivity index (χ1n) is 9.93. The Hall–Kier alpha value is -2.19. The highest BCUT2D eigenvalue weighted by molar-refractivity contribution is 6.02. The van der Waals surface area contributed by atoms with Gasteiger partial charge < -0.3 is 19.3 Å². The van der Waals surface area contributed by atoms with Crippen LogP contribution in [0.15, 0.2) is 24.0 Å². The molecule has 0 aromatic heterocycles. The van der Waals surface area contributed by atoms with Crippen LogP contribution in [0.3, 0.4) is 0 Å². The summed E-state index contributed by atoms with van der Waals surface area (Å²) in [6, 6.07) is -0.433. The summed E-state index contributed by atoms with van der Waals surface area (Å²) in [5.41, 5.74) is -0.808. The van der Waals surface area contributed by atoms with Crippen molar-refractivity contribution < 1.29 is 33.7 Å². The molecule has 2 amide bonds. The summed E-state index contributed by atoms with van der Waals surface area (Å²) in [5.74, 6) is -1.22. The fourth-order valence-corrected chi connectivity index (χ4v) is 3.85. The Morgan fingerprint density at radius 2 is 1.97 bits per heavy atom. The van der Waals surface area contributed by atoms with Crippen LogP contribution < -0.4 is 0 Å². The molecule has 8 heteroatoms. The lowest BCUT2D eigenvalue weighted by Gasteiger charge is -2.33. The van der Waals surface area contributed by atoms with Gasteiger partial charge in [-0.1, -0.05) is 13.8 Å². The highest BCUT2D eigenvalue weighted by atomic mass is 16.6. The molecular weight excluding hydrogens is 378 g/mol. The first-order chi connectivity index (χ1) is 13.6. The number of carbonyl (C=O) groups excluding carboxylic acids is 3. The van der Waals surface area contributed by atoms with E-state index in [4.69, 9.17) is 19.3 Å². The molecule has 8 nitrogen and oxygen atoms in total. The summed E-state index contributed by atoms with van der Waals surface area (Å²) in [5, 5.41) is 8.70. The summed E-state index contributed by atoms with van der Waals surface area (Å²) in [7, 11) is 0. The van der Waals surface area contributed by atoms with Crippen molar-refractivity contribution in [3.05, 3.63) is 24.0 Å². The van der Waals surface area contributed by atoms with Crippen molar-refractivity contribution in [2.75, 3.05) is 19.8 Å². The van der Waals surface area contributed by atoms with Gasteiger partial charge in [-0.25, -0.2) is 9.69 Å². The van der Waals surface area contributed by atoms with Crippen molar-refractivity contribution in [3.63, 3.8) is 0 Å². The van der Waals surface area contributed by atoms with Crippen LogP contribution in [0.2, 0.25) is 0 Å². The van der Waals surface area contributed by atoms with Crippen LogP contribution in [0.1, 0.15) is 41.0 Å². The van der Waals surface area contributed by atoms with E-state index in [0.29, 0.717) is 18.8 Å². The maximum Gasteiger partial charge on any atom is 0.417 e. The number of aliphatic hydroxyl groups is 1. The summed E-state index contributed by atoms with van der Waals surface area (Å²) in [6.45, 7) is 9.59. The SMILES string of the molecule is CC(C)[C@H]1N(C(=O)[C@H](C)[C@H]2OC(=CCCOCCO)C=CC2=O)C(=O)OC1(C)C. The maximum atomic E-state index is 13.1. The molecule has 1 saturated heterocycles. The molecule has 1 N–H and O–H groups in total. The van der Waals surface area contributed by atoms with Crippen LogP contribution in [0.5, 0.6) is 0 Å². The van der Waals surface area contributed by atoms with Gasteiger partial charge in [-0.3, -0.25) is 9.59 Å². The van der Waals surface area contributed by atoms with E-state index in [1.165, 1.54) is 6.08 Å². The van der Waals surface area contributed by atoms with Gasteiger partial charge in [-0.05, 0) is 51.3 Å². The number of ketones is 1. The van der Waals surface area contributed by atoms with Crippen molar-refractivity contribution in [1.29, 1.82) is 0 Å². The Balaban J connectivity index is 2.11. The van der Waals surface area contributed by atoms with Gasteiger partial charge in [-0.15, -0.1) is 0 Å². The zero-order valence-electron chi connectivity index (χ0n) is 17.7. The quantitative estimate of drug-likeness (QED) is 0.613. The minimum atomic E-state index is -1.01. The molecule has 3 atom stereocenters. The minimum absolute atomic E-state index is 0.00940. The summed E-state index contributed by atoms with van der Waals surface area (Å²) in [6.07, 6.45) is 3.51. The number of ether oxygens (including phenoxy) is 3. The van der Waals surface area contributed by atoms with E-state index in [2.05, 4.69) is 0 Å². The highest BCUT2D eigenvalue weighted by Crippen LogP contribution is 2.36. The van der Waals surface area contributed by atoms with Gasteiger partial charge in [0.05, 0.1) is 31.8 Å². The second kappa shape index (κ2) is 9.54. The normalized spacial score (nSPS) is 26.0. The largest absolute Gasteiger partial charge is 0.482 e. The topological polar surface area (TPSA) is 102 Å². The Bertz CT molecular complexity index is 695. The Morgan fingerprint density at radius 3 is 2.59 bits per heavy atom. The van der Waals surface area contributed by atoms with Crippen LogP contribution >= 0.6 is 0 Å². The third-order valence-electron chi connectivity index (χ3n) is 5.05. The summed E-state index contributed by atoms with van der Waals surface area (Å²) < 4.78 is 16.3. The third-order valence-corrected chi connectivity index (χ3v) is 5.05. The maximum absolute atomic E-state index is 13.1. The molecule has 0 aromatic carbocycles. The first kappa shape index (κ1) is 23.1. The van der Waals surface area contributed by atoms with E-state index in [1.807, 2.05) is 13.8 Å². The van der Waals surface area contributed by atoms with Gasteiger partial charge >= 0.3 is 6.09 Å². The predicted molar refractivity (Wildman–Crippen MR) is 105 cm³/mol. The average molecular weight is 409 g/mol. The van der Waals surface area contributed by atoms with Crippen molar-refractivity contribution in [2.45, 2.75) is 58.8 Å². The number of rotatable bonds is 8. The van der Waals surface area contributed by atoms with Crippen molar-refractivity contribution >= 4 is 17.8 Å². The third kappa shape index (κ3) is 5.25. The number of allylic oxidation sites excluding steroid dienone is 1. The molecule has 0 aliphatic carbocycles. The Morgan fingerprint density at radius 1 is 1.28 bits per heavy atom. The molecule has 2 rings (SSSR count). The molecule has 162 valence electrons. The molecule has 0 unspecified atom stereocenters. The van der Waals surface area contributed by atoms with Crippen molar-refractivity contribution in [2.24, 2.45) is 11.8 Å². The summed E-state index contributed by atoms with van der Waals surface area (Å²) in [4.78, 5) is 39.1. The molecule has 1 fully saturated rings. The lowest BCUT2D eigenvalue weighted by Crippen LogP contribution is -2.52. The fraction of sp³-hybridized carbons (Fsp3) is 0.667. The van der Waals surface area contributed by atoms with Gasteiger partial charge in [0, 0.05) is 0 Å². The molecule has 0 spiro atoms. The van der Waals surface area contributed by atoms with Crippen molar-refractivity contribution in [3.8, 4) is 0 Å². The zero-order chi connectivity index (χ0) is 21.8. The summed E-state index contributed by atoms with van der Waals surface area (Å²) >= 11 is 0. The molecular formula is C21H31NO7. The average Bonchev–Trinajstić information content (AvgIpc) is 2.90. The Kier molecular flexibility index (Phi) is 7.60. The van der Waals surface area contributed by atoms with E-state index in [0.717, 1.165) is 4.90 Å². The Labute approximate surface area is 171 Å². The van der Waals surface area contributed by atoms with Gasteiger partial charge in [0.1, 0.15) is 11.4 Å². The number of nitrogens with zero attached hydrogens (tertiary/aromatic N) is 1. The number of hydrogen-bond donors (Lipinski definition) is 1. The van der Waals surface area contributed by atoms with Crippen LogP contribution in [-0.4, -0.2) is 65.4 Å². The molecule has 2 aliphatic heterocycles. The number of carbonyl (C=O) groups is 3. The molecule has 0 aromatic rings. The van der Waals surface area contributed by atoms with Gasteiger partial charge in [0.15, 0.2) is 11.9 Å². The number of aliphatic hydroxyl groups excluding tert-OH is 1. The monoisotopic (exact) mass is 409 g/mol. The van der Waals surface area contributed by atoms with Crippen LogP contribution in [0, 0.1) is 11.8 Å². The highest BCUT2D eigenvalue weighted by Gasteiger charge is 2.53. The fourth-order valence-electron chi connectivity index (χ4n) is 3.85. The van der Waals surface area contributed by atoms with Gasteiger partial charge in [0.25, 0.3) is 0 Å². The standard InChI is InChI=1S/C21H31NO7/c1-13(2)18-21(4,5)29-20(26)22(18)19(25)14(3)17-16(24)9-8-15(28-17)7-6-11-27-12-10-23/h7-9,13-14,17-18,23H,6,10-12H2,1-5H3/t14-,17-,18-/m1/s1. The second-order valence-corrected chi connectivity index (χ2v) is 8.16. The number of imide groups is 1. The van der Waals surface area contributed by atoms with E-state index < -0.39 is 35.7 Å². The molecule has 0 saturated carbocycles. The molecule has 0 radical (unpaired) electrons. The lowest BCUT2D eigenvalue weighted by atomic mass is 9.87. The first-order valence-corrected chi connectivity index (χ1v) is 9.93. The second-order valence-electron chi connectivity index (χ2n) is 8.16. The van der Waals surface area contributed by atoms with E-state index in [1.54, 1.807) is 32.9 Å². The van der Waals surface area contributed by atoms with Gasteiger partial charge in [-0.2, -0.15) is 0 Å². The number of hydrogen-bond acceptors (Lipinski definition) is 7. The van der Waals surface area contributed by atoms with Gasteiger partial charge in [0.2, 0.25) is 5.91 Å². The molecule has 2 heterocycles. The van der Waals surface area contributed by atoms with Crippen molar-refractivity contribution in [1.82, 2.24) is 4.90 Å². The molecule has 29 heavy (non-hydrogen) atoms. The van der Waals surface area contributed by atoms with Crippen LogP contribution in [0.25, 0.3) is 0 Å². The van der Waals surface area contributed by atoms with E-state index in [9.17, 15) is 14.4 Å². The zero-order valence-corrected chi connectivity index (χ0v) is 17.7. The van der Waals surface area contributed by atoms with E-state index in [-0.39, 0.29) is 24.9 Å². The predicted octanol–water partition coefficient (Wildman–Crippen LogP) is 2.21. The van der Waals surface area contributed by atoms with Crippen LogP contribution in [-0.2, 0) is 23.8 Å².